The van der Waals surface area contributed by atoms with Crippen LogP contribution in [0, 0.1) is 6.92 Å². The number of aromatic nitrogens is 3. The van der Waals surface area contributed by atoms with Gasteiger partial charge in [-0.15, -0.1) is 12.4 Å². The number of nitrogens with zero attached hydrogens (tertiary/aromatic N) is 3. The van der Waals surface area contributed by atoms with E-state index in [1.807, 2.05) is 23.7 Å². The molecule has 0 spiro atoms. The van der Waals surface area contributed by atoms with Crippen molar-refractivity contribution < 1.29 is 4.74 Å². The monoisotopic (exact) mass is 390 g/mol. The average molecular weight is 392 g/mol. The second kappa shape index (κ2) is 8.02. The highest BCUT2D eigenvalue weighted by molar-refractivity contribution is 6.42. The molecule has 5 nitrogen and oxygen atoms in total. The number of hydrogen-bond acceptors (Lipinski definition) is 4. The quantitative estimate of drug-likeness (QED) is 0.861. The van der Waals surface area contributed by atoms with Gasteiger partial charge in [0.15, 0.2) is 0 Å². The van der Waals surface area contributed by atoms with E-state index in [-0.39, 0.29) is 30.5 Å². The molecule has 1 fully saturated rings. The van der Waals surface area contributed by atoms with Crippen molar-refractivity contribution in [2.24, 2.45) is 5.73 Å². The van der Waals surface area contributed by atoms with Gasteiger partial charge in [0.2, 0.25) is 0 Å². The van der Waals surface area contributed by atoms with E-state index in [9.17, 15) is 0 Å². The summed E-state index contributed by atoms with van der Waals surface area (Å²) in [5.41, 5.74) is 6.98. The molecule has 0 aliphatic heterocycles. The minimum Gasteiger partial charge on any atom is -0.380 e. The lowest BCUT2D eigenvalue weighted by Crippen LogP contribution is -2.41. The summed E-state index contributed by atoms with van der Waals surface area (Å²) >= 11 is 12.2. The maximum Gasteiger partial charge on any atom is 0.148 e. The Morgan fingerprint density at radius 3 is 2.67 bits per heavy atom. The summed E-state index contributed by atoms with van der Waals surface area (Å²) in [6, 6.07) is 5.56. The van der Waals surface area contributed by atoms with Crippen molar-refractivity contribution in [1.82, 2.24) is 14.8 Å². The van der Waals surface area contributed by atoms with Crippen molar-refractivity contribution in [1.29, 1.82) is 0 Å². The smallest absolute Gasteiger partial charge is 0.148 e. The Morgan fingerprint density at radius 1 is 1.25 bits per heavy atom. The van der Waals surface area contributed by atoms with Crippen LogP contribution < -0.4 is 5.73 Å². The van der Waals surface area contributed by atoms with Gasteiger partial charge in [-0.1, -0.05) is 23.2 Å². The summed E-state index contributed by atoms with van der Waals surface area (Å²) in [6.07, 6.45) is 2.78. The number of halogens is 3. The minimum absolute atomic E-state index is 0. The van der Waals surface area contributed by atoms with Gasteiger partial charge in [-0.2, -0.15) is 5.10 Å². The molecule has 1 aliphatic carbocycles. The second-order valence-corrected chi connectivity index (χ2v) is 6.79. The van der Waals surface area contributed by atoms with Crippen molar-refractivity contribution in [3.05, 3.63) is 39.9 Å². The van der Waals surface area contributed by atoms with E-state index in [0.717, 1.165) is 36.6 Å². The van der Waals surface area contributed by atoms with E-state index in [0.29, 0.717) is 10.0 Å². The summed E-state index contributed by atoms with van der Waals surface area (Å²) in [4.78, 5) is 4.64. The highest BCUT2D eigenvalue weighted by Crippen LogP contribution is 2.34. The standard InChI is InChI=1S/C16H20Cl2N4O.ClH/c1-9-20-16(10-3-6-14(19)15(7-10)23-2)22(21-9)11-4-5-12(17)13(18)8-11;/h4-5,8,10,14-15H,3,6-7,19H2,1-2H3;1H/t10-,14+,15+;/m0./s1. The van der Waals surface area contributed by atoms with E-state index >= 15 is 0 Å². The van der Waals surface area contributed by atoms with Gasteiger partial charge >= 0.3 is 0 Å². The predicted octanol–water partition coefficient (Wildman–Crippen LogP) is 3.91. The van der Waals surface area contributed by atoms with Gasteiger partial charge in [0.05, 0.1) is 21.8 Å². The van der Waals surface area contributed by atoms with E-state index in [4.69, 9.17) is 33.7 Å². The zero-order valence-electron chi connectivity index (χ0n) is 13.6. The highest BCUT2D eigenvalue weighted by atomic mass is 35.5. The molecule has 1 aromatic carbocycles. The zero-order valence-corrected chi connectivity index (χ0v) is 15.9. The van der Waals surface area contributed by atoms with Crippen molar-refractivity contribution in [3.63, 3.8) is 0 Å². The van der Waals surface area contributed by atoms with Crippen LogP contribution in [0.2, 0.25) is 10.0 Å². The third-order valence-corrected chi connectivity index (χ3v) is 5.14. The van der Waals surface area contributed by atoms with E-state index in [2.05, 4.69) is 10.1 Å². The fourth-order valence-corrected chi connectivity index (χ4v) is 3.45. The Kier molecular flexibility index (Phi) is 6.51. The molecule has 3 rings (SSSR count). The van der Waals surface area contributed by atoms with Crippen molar-refractivity contribution in [3.8, 4) is 5.69 Å². The maximum absolute atomic E-state index is 6.14. The molecule has 1 saturated carbocycles. The van der Waals surface area contributed by atoms with Crippen LogP contribution in [0.1, 0.15) is 36.8 Å². The number of methoxy groups -OCH3 is 1. The second-order valence-electron chi connectivity index (χ2n) is 5.98. The van der Waals surface area contributed by atoms with Crippen LogP contribution >= 0.6 is 35.6 Å². The van der Waals surface area contributed by atoms with Crippen LogP contribution in [0.5, 0.6) is 0 Å². The average Bonchev–Trinajstić information content (AvgIpc) is 2.92. The third kappa shape index (κ3) is 3.86. The highest BCUT2D eigenvalue weighted by Gasteiger charge is 2.32. The lowest BCUT2D eigenvalue weighted by atomic mass is 9.83. The minimum atomic E-state index is 0. The third-order valence-electron chi connectivity index (χ3n) is 4.40. The number of hydrogen-bond donors (Lipinski definition) is 1. The van der Waals surface area contributed by atoms with E-state index < -0.39 is 0 Å². The zero-order chi connectivity index (χ0) is 16.6. The van der Waals surface area contributed by atoms with Crippen LogP contribution in [0.4, 0.5) is 0 Å². The molecular weight excluding hydrogens is 371 g/mol. The lowest BCUT2D eigenvalue weighted by molar-refractivity contribution is 0.0459. The van der Waals surface area contributed by atoms with Gasteiger partial charge in [-0.05, 0) is 44.4 Å². The van der Waals surface area contributed by atoms with Crippen LogP contribution in [-0.4, -0.2) is 34.0 Å². The molecule has 1 aromatic heterocycles. The molecule has 0 bridgehead atoms. The van der Waals surface area contributed by atoms with Crippen LogP contribution in [-0.2, 0) is 4.74 Å². The molecule has 132 valence electrons. The van der Waals surface area contributed by atoms with Gasteiger partial charge in [0.1, 0.15) is 11.6 Å². The number of nitrogens with two attached hydrogens (primary N) is 1. The SMILES string of the molecule is CO[C@@H]1C[C@@H](c2nc(C)nn2-c2ccc(Cl)c(Cl)c2)CC[C@H]1N.Cl. The Balaban J connectivity index is 0.00000208. The van der Waals surface area contributed by atoms with Crippen LogP contribution in [0.3, 0.4) is 0 Å². The summed E-state index contributed by atoms with van der Waals surface area (Å²) in [5.74, 6) is 1.92. The molecule has 0 unspecified atom stereocenters. The Labute approximate surface area is 157 Å². The van der Waals surface area contributed by atoms with Crippen LogP contribution in [0.25, 0.3) is 5.69 Å². The van der Waals surface area contributed by atoms with Crippen molar-refractivity contribution in [2.75, 3.05) is 7.11 Å². The molecular formula is C16H21Cl3N4O. The summed E-state index contributed by atoms with van der Waals surface area (Å²) < 4.78 is 7.37. The molecule has 3 atom stereocenters. The summed E-state index contributed by atoms with van der Waals surface area (Å²) in [5, 5.41) is 5.56. The Bertz CT molecular complexity index is 707. The number of ether oxygens (including phenoxy) is 1. The van der Waals surface area contributed by atoms with Gasteiger partial charge in [0.25, 0.3) is 0 Å². The molecule has 0 radical (unpaired) electrons. The fourth-order valence-electron chi connectivity index (χ4n) is 3.16. The van der Waals surface area contributed by atoms with Gasteiger partial charge in [-0.25, -0.2) is 9.67 Å². The van der Waals surface area contributed by atoms with Crippen molar-refractivity contribution in [2.45, 2.75) is 44.2 Å². The topological polar surface area (TPSA) is 66.0 Å². The molecule has 24 heavy (non-hydrogen) atoms. The molecule has 0 amide bonds. The molecule has 2 N–H and O–H groups in total. The van der Waals surface area contributed by atoms with Gasteiger partial charge < -0.3 is 10.5 Å². The maximum atomic E-state index is 6.14. The predicted molar refractivity (Wildman–Crippen MR) is 98.7 cm³/mol. The normalized spacial score (nSPS) is 23.8. The lowest BCUT2D eigenvalue weighted by Gasteiger charge is -2.32. The van der Waals surface area contributed by atoms with E-state index in [1.165, 1.54) is 0 Å². The largest absolute Gasteiger partial charge is 0.380 e. The first-order valence-corrected chi connectivity index (χ1v) is 8.42. The fraction of sp³-hybridized carbons (Fsp3) is 0.500. The van der Waals surface area contributed by atoms with E-state index in [1.54, 1.807) is 13.2 Å². The Hall–Kier alpha value is -0.850. The first-order chi connectivity index (χ1) is 11.0. The number of rotatable bonds is 3. The summed E-state index contributed by atoms with van der Waals surface area (Å²) in [6.45, 7) is 1.89. The molecule has 8 heteroatoms. The first kappa shape index (κ1) is 19.5. The Morgan fingerprint density at radius 2 is 2.00 bits per heavy atom. The van der Waals surface area contributed by atoms with Gasteiger partial charge in [0, 0.05) is 19.1 Å². The molecule has 1 heterocycles. The number of aryl methyl sites for hydroxylation is 1. The van der Waals surface area contributed by atoms with Gasteiger partial charge in [-0.3, -0.25) is 0 Å². The molecule has 2 aromatic rings. The van der Waals surface area contributed by atoms with Crippen LogP contribution in [0.15, 0.2) is 18.2 Å². The number of benzene rings is 1. The molecule has 0 saturated heterocycles. The first-order valence-electron chi connectivity index (χ1n) is 7.67. The summed E-state index contributed by atoms with van der Waals surface area (Å²) in [7, 11) is 1.71. The molecule has 1 aliphatic rings. The van der Waals surface area contributed by atoms with Crippen molar-refractivity contribution >= 4 is 35.6 Å².